The van der Waals surface area contributed by atoms with Crippen LogP contribution in [0.5, 0.6) is 0 Å². The Balaban J connectivity index is 2.21. The summed E-state index contributed by atoms with van der Waals surface area (Å²) in [6.45, 7) is 3.93. The first-order valence-electron chi connectivity index (χ1n) is 7.35. The van der Waals surface area contributed by atoms with Crippen LogP contribution in [0.4, 0.5) is 0 Å². The number of nitrogens with two attached hydrogens (primary N) is 1. The van der Waals surface area contributed by atoms with E-state index in [4.69, 9.17) is 5.73 Å². The van der Waals surface area contributed by atoms with Crippen molar-refractivity contribution in [3.8, 4) is 0 Å². The van der Waals surface area contributed by atoms with E-state index >= 15 is 0 Å². The highest BCUT2D eigenvalue weighted by atomic mass is 32.2. The molecular formula is C15H20N4O2S. The first kappa shape index (κ1) is 15.4. The van der Waals surface area contributed by atoms with Crippen LogP contribution < -0.4 is 11.1 Å². The molecule has 2 heterocycles. The molecule has 6 nitrogen and oxygen atoms in total. The van der Waals surface area contributed by atoms with Crippen LogP contribution in [0.25, 0.3) is 10.8 Å². The second-order valence-electron chi connectivity index (χ2n) is 5.50. The van der Waals surface area contributed by atoms with Crippen LogP contribution in [0.1, 0.15) is 12.5 Å². The topological polar surface area (TPSA) is 88.3 Å². The summed E-state index contributed by atoms with van der Waals surface area (Å²) in [5, 5.41) is 4.80. The van der Waals surface area contributed by atoms with Gasteiger partial charge in [-0.1, -0.05) is 18.2 Å². The Morgan fingerprint density at radius 3 is 2.95 bits per heavy atom. The first-order valence-corrected chi connectivity index (χ1v) is 8.79. The summed E-state index contributed by atoms with van der Waals surface area (Å²) in [6, 6.07) is 7.34. The minimum atomic E-state index is -3.64. The minimum absolute atomic E-state index is 0.0964. The van der Waals surface area contributed by atoms with Gasteiger partial charge in [-0.05, 0) is 23.9 Å². The normalized spacial score (nSPS) is 20.4. The number of hydrogen-bond acceptors (Lipinski definition) is 5. The van der Waals surface area contributed by atoms with Gasteiger partial charge < -0.3 is 11.1 Å². The maximum atomic E-state index is 13.1. The van der Waals surface area contributed by atoms with E-state index in [1.807, 2.05) is 31.2 Å². The van der Waals surface area contributed by atoms with Gasteiger partial charge in [0.05, 0.1) is 0 Å². The van der Waals surface area contributed by atoms with Gasteiger partial charge in [-0.25, -0.2) is 13.4 Å². The fourth-order valence-corrected chi connectivity index (χ4v) is 4.73. The van der Waals surface area contributed by atoms with E-state index in [0.29, 0.717) is 25.0 Å². The number of benzene rings is 1. The van der Waals surface area contributed by atoms with E-state index in [1.54, 1.807) is 6.20 Å². The second-order valence-corrected chi connectivity index (χ2v) is 7.31. The third-order valence-corrected chi connectivity index (χ3v) is 6.01. The molecule has 1 atom stereocenters. The van der Waals surface area contributed by atoms with Crippen LogP contribution in [0.15, 0.2) is 35.5 Å². The summed E-state index contributed by atoms with van der Waals surface area (Å²) < 4.78 is 27.7. The number of fused-ring (bicyclic) bond motifs is 1. The molecular weight excluding hydrogens is 300 g/mol. The Labute approximate surface area is 130 Å². The Hall–Kier alpha value is -1.54. The quantitative estimate of drug-likeness (QED) is 0.868. The Morgan fingerprint density at radius 1 is 1.41 bits per heavy atom. The van der Waals surface area contributed by atoms with Crippen LogP contribution in [0, 0.1) is 0 Å². The Kier molecular flexibility index (Phi) is 4.14. The van der Waals surface area contributed by atoms with E-state index in [-0.39, 0.29) is 17.6 Å². The molecule has 1 aliphatic heterocycles. The number of hydrogen-bond donors (Lipinski definition) is 2. The number of pyridine rings is 1. The zero-order valence-corrected chi connectivity index (χ0v) is 13.3. The molecule has 7 heteroatoms. The molecule has 0 amide bonds. The second kappa shape index (κ2) is 5.92. The molecule has 0 radical (unpaired) electrons. The number of sulfonamides is 1. The van der Waals surface area contributed by atoms with Crippen molar-refractivity contribution >= 4 is 20.8 Å². The number of nitrogens with one attached hydrogen (secondary N) is 1. The fourth-order valence-electron chi connectivity index (χ4n) is 2.93. The van der Waals surface area contributed by atoms with Gasteiger partial charge in [0.25, 0.3) is 10.0 Å². The van der Waals surface area contributed by atoms with Gasteiger partial charge in [-0.15, -0.1) is 0 Å². The maximum Gasteiger partial charge on any atom is 0.261 e. The predicted octanol–water partition coefficient (Wildman–Crippen LogP) is 0.676. The van der Waals surface area contributed by atoms with Crippen molar-refractivity contribution in [3.05, 3.63) is 36.0 Å². The molecule has 1 aliphatic rings. The van der Waals surface area contributed by atoms with Crippen LogP contribution >= 0.6 is 0 Å². The third-order valence-electron chi connectivity index (χ3n) is 4.06. The van der Waals surface area contributed by atoms with Crippen molar-refractivity contribution in [1.82, 2.24) is 14.6 Å². The summed E-state index contributed by atoms with van der Waals surface area (Å²) in [7, 11) is -3.64. The molecule has 1 saturated heterocycles. The smallest absolute Gasteiger partial charge is 0.261 e. The highest BCUT2D eigenvalue weighted by molar-refractivity contribution is 7.89. The van der Waals surface area contributed by atoms with Crippen molar-refractivity contribution < 1.29 is 8.42 Å². The number of piperazine rings is 1. The summed E-state index contributed by atoms with van der Waals surface area (Å²) >= 11 is 0. The highest BCUT2D eigenvalue weighted by Crippen LogP contribution is 2.28. The molecule has 2 aromatic rings. The van der Waals surface area contributed by atoms with Crippen molar-refractivity contribution in [2.75, 3.05) is 19.6 Å². The molecule has 3 N–H and O–H groups in total. The molecule has 0 saturated carbocycles. The summed E-state index contributed by atoms with van der Waals surface area (Å²) in [5.74, 6) is 0. The van der Waals surface area contributed by atoms with Gasteiger partial charge in [-0.2, -0.15) is 4.31 Å². The zero-order chi connectivity index (χ0) is 15.7. The van der Waals surface area contributed by atoms with Gasteiger partial charge in [-0.3, -0.25) is 0 Å². The molecule has 1 aromatic carbocycles. The van der Waals surface area contributed by atoms with Crippen LogP contribution in [0.2, 0.25) is 0 Å². The van der Waals surface area contributed by atoms with Gasteiger partial charge in [0, 0.05) is 43.8 Å². The van der Waals surface area contributed by atoms with Crippen LogP contribution in [0.3, 0.4) is 0 Å². The molecule has 0 bridgehead atoms. The number of nitrogens with zero attached hydrogens (tertiary/aromatic N) is 2. The van der Waals surface area contributed by atoms with Crippen molar-refractivity contribution in [2.24, 2.45) is 5.73 Å². The minimum Gasteiger partial charge on any atom is -0.326 e. The van der Waals surface area contributed by atoms with E-state index in [2.05, 4.69) is 10.3 Å². The first-order chi connectivity index (χ1) is 10.6. The monoisotopic (exact) mass is 320 g/mol. The highest BCUT2D eigenvalue weighted by Gasteiger charge is 2.33. The van der Waals surface area contributed by atoms with Crippen molar-refractivity contribution in [1.29, 1.82) is 0 Å². The molecule has 0 aliphatic carbocycles. The van der Waals surface area contributed by atoms with Gasteiger partial charge in [0.15, 0.2) is 5.03 Å². The van der Waals surface area contributed by atoms with Crippen molar-refractivity contribution in [3.63, 3.8) is 0 Å². The van der Waals surface area contributed by atoms with Gasteiger partial charge >= 0.3 is 0 Å². The van der Waals surface area contributed by atoms with Crippen LogP contribution in [-0.4, -0.2) is 43.4 Å². The number of rotatable bonds is 3. The zero-order valence-electron chi connectivity index (χ0n) is 12.5. The molecule has 118 valence electrons. The third kappa shape index (κ3) is 2.50. The van der Waals surface area contributed by atoms with Crippen molar-refractivity contribution in [2.45, 2.75) is 24.5 Å². The lowest BCUT2D eigenvalue weighted by Gasteiger charge is -2.32. The average molecular weight is 320 g/mol. The lowest BCUT2D eigenvalue weighted by atomic mass is 10.1. The number of aromatic nitrogens is 1. The Bertz CT molecular complexity index is 786. The summed E-state index contributed by atoms with van der Waals surface area (Å²) in [6.07, 6.45) is 1.54. The van der Waals surface area contributed by atoms with E-state index in [9.17, 15) is 8.42 Å². The summed E-state index contributed by atoms with van der Waals surface area (Å²) in [5.41, 5.74) is 6.59. The SMILES string of the molecule is CC1CNCCN1S(=O)(=O)c1nccc2cccc(CN)c12. The lowest BCUT2D eigenvalue weighted by Crippen LogP contribution is -2.52. The molecule has 1 unspecified atom stereocenters. The van der Waals surface area contributed by atoms with E-state index in [0.717, 1.165) is 10.9 Å². The average Bonchev–Trinajstić information content (AvgIpc) is 2.53. The maximum absolute atomic E-state index is 13.1. The lowest BCUT2D eigenvalue weighted by molar-refractivity contribution is 0.283. The fraction of sp³-hybridized carbons (Fsp3) is 0.400. The van der Waals surface area contributed by atoms with E-state index < -0.39 is 10.0 Å². The standard InChI is InChI=1S/C15H20N4O2S/c1-11-10-17-7-8-19(11)22(20,21)15-14-12(5-6-18-15)3-2-4-13(14)9-16/h2-6,11,17H,7-10,16H2,1H3. The molecule has 1 aromatic heterocycles. The molecule has 3 rings (SSSR count). The van der Waals surface area contributed by atoms with Crippen LogP contribution in [-0.2, 0) is 16.6 Å². The largest absolute Gasteiger partial charge is 0.326 e. The molecule has 22 heavy (non-hydrogen) atoms. The van der Waals surface area contributed by atoms with Gasteiger partial charge in [0.2, 0.25) is 0 Å². The molecule has 0 spiro atoms. The molecule has 1 fully saturated rings. The van der Waals surface area contributed by atoms with E-state index in [1.165, 1.54) is 4.31 Å². The Morgan fingerprint density at radius 2 is 2.23 bits per heavy atom. The van der Waals surface area contributed by atoms with Gasteiger partial charge in [0.1, 0.15) is 0 Å². The predicted molar refractivity (Wildman–Crippen MR) is 85.9 cm³/mol. The summed E-state index contributed by atoms with van der Waals surface area (Å²) in [4.78, 5) is 4.19.